The van der Waals surface area contributed by atoms with E-state index < -0.39 is 14.4 Å². The average Bonchev–Trinajstić information content (AvgIpc) is 2.55. The first-order valence-corrected chi connectivity index (χ1v) is 11.8. The standard InChI is InChI=1S/C19H32N2O3Si/c1-19(2,3)25(5,6)24-15(12-20)16-17(23-4)18(22)21(16)13-14-10-8-7-9-11-14/h7-11,15-17H,12-13,20H2,1-6H3/t15-,16+,17-/m1/s1. The lowest BCUT2D eigenvalue weighted by Crippen LogP contribution is -2.71. The van der Waals surface area contributed by atoms with E-state index in [4.69, 9.17) is 14.9 Å². The van der Waals surface area contributed by atoms with Crippen molar-refractivity contribution in [1.29, 1.82) is 0 Å². The number of hydrogen-bond donors (Lipinski definition) is 1. The summed E-state index contributed by atoms with van der Waals surface area (Å²) in [4.78, 5) is 14.3. The first kappa shape index (κ1) is 20.1. The monoisotopic (exact) mass is 364 g/mol. The summed E-state index contributed by atoms with van der Waals surface area (Å²) in [6.45, 7) is 12.0. The van der Waals surface area contributed by atoms with E-state index in [9.17, 15) is 4.79 Å². The quantitative estimate of drug-likeness (QED) is 0.597. The number of carbonyl (C=O) groups excluding carboxylic acids is 1. The zero-order chi connectivity index (χ0) is 18.8. The van der Waals surface area contributed by atoms with Crippen LogP contribution in [0.3, 0.4) is 0 Å². The Kier molecular flexibility index (Phi) is 6.09. The van der Waals surface area contributed by atoms with Crippen molar-refractivity contribution in [2.24, 2.45) is 5.73 Å². The van der Waals surface area contributed by atoms with Crippen molar-refractivity contribution >= 4 is 14.2 Å². The van der Waals surface area contributed by atoms with Gasteiger partial charge in [-0.05, 0) is 23.7 Å². The Morgan fingerprint density at radius 2 is 1.84 bits per heavy atom. The molecule has 0 spiro atoms. The van der Waals surface area contributed by atoms with Crippen molar-refractivity contribution in [3.8, 4) is 0 Å². The predicted octanol–water partition coefficient (Wildman–Crippen LogP) is 2.76. The average molecular weight is 365 g/mol. The third kappa shape index (κ3) is 4.14. The van der Waals surface area contributed by atoms with Crippen LogP contribution >= 0.6 is 0 Å². The van der Waals surface area contributed by atoms with E-state index in [2.05, 4.69) is 33.9 Å². The normalized spacial score (nSPS) is 22.7. The zero-order valence-electron chi connectivity index (χ0n) is 16.3. The molecule has 5 nitrogen and oxygen atoms in total. The van der Waals surface area contributed by atoms with Crippen LogP contribution in [0.4, 0.5) is 0 Å². The fraction of sp³-hybridized carbons (Fsp3) is 0.632. The number of nitrogens with two attached hydrogens (primary N) is 1. The molecule has 2 rings (SSSR count). The first-order valence-electron chi connectivity index (χ1n) is 8.87. The number of nitrogens with zero attached hydrogens (tertiary/aromatic N) is 1. The van der Waals surface area contributed by atoms with Gasteiger partial charge in [0.1, 0.15) is 0 Å². The van der Waals surface area contributed by atoms with Gasteiger partial charge in [0.25, 0.3) is 5.91 Å². The van der Waals surface area contributed by atoms with Crippen molar-refractivity contribution in [2.75, 3.05) is 13.7 Å². The highest BCUT2D eigenvalue weighted by Gasteiger charge is 2.53. The molecule has 1 aromatic rings. The van der Waals surface area contributed by atoms with Crippen LogP contribution in [0.25, 0.3) is 0 Å². The molecule has 0 unspecified atom stereocenters. The van der Waals surface area contributed by atoms with E-state index in [0.717, 1.165) is 5.56 Å². The van der Waals surface area contributed by atoms with Crippen LogP contribution in [0, 0.1) is 0 Å². The molecule has 0 aromatic heterocycles. The number of rotatable bonds is 7. The molecular formula is C19H32N2O3Si. The maximum atomic E-state index is 12.5. The molecular weight excluding hydrogens is 332 g/mol. The van der Waals surface area contributed by atoms with E-state index >= 15 is 0 Å². The van der Waals surface area contributed by atoms with E-state index in [0.29, 0.717) is 13.1 Å². The molecule has 1 heterocycles. The van der Waals surface area contributed by atoms with Gasteiger partial charge in [0.2, 0.25) is 0 Å². The van der Waals surface area contributed by atoms with Gasteiger partial charge in [-0.1, -0.05) is 51.1 Å². The number of methoxy groups -OCH3 is 1. The summed E-state index contributed by atoms with van der Waals surface area (Å²) in [7, 11) is -0.415. The molecule has 1 aromatic carbocycles. The second-order valence-electron chi connectivity index (χ2n) is 8.25. The SMILES string of the molecule is CO[C@H]1C(=O)N(Cc2ccccc2)[C@H]1[C@@H](CN)O[Si](C)(C)C(C)(C)C. The Morgan fingerprint density at radius 1 is 1.24 bits per heavy atom. The number of hydrogen-bond acceptors (Lipinski definition) is 4. The van der Waals surface area contributed by atoms with Crippen molar-refractivity contribution in [2.45, 2.75) is 63.7 Å². The zero-order valence-corrected chi connectivity index (χ0v) is 17.3. The Morgan fingerprint density at radius 3 is 2.32 bits per heavy atom. The van der Waals surface area contributed by atoms with Crippen molar-refractivity contribution in [3.05, 3.63) is 35.9 Å². The first-order chi connectivity index (χ1) is 11.6. The molecule has 25 heavy (non-hydrogen) atoms. The number of β-lactam (4-membered cyclic amide) rings is 1. The molecule has 1 aliphatic rings. The summed E-state index contributed by atoms with van der Waals surface area (Å²) in [5.74, 6) is 0.00799. The molecule has 1 aliphatic heterocycles. The number of benzene rings is 1. The summed E-state index contributed by atoms with van der Waals surface area (Å²) >= 11 is 0. The Labute approximate surface area is 152 Å². The minimum absolute atomic E-state index is 0.00799. The molecule has 3 atom stereocenters. The van der Waals surface area contributed by atoms with Crippen LogP contribution in [0.2, 0.25) is 18.1 Å². The van der Waals surface area contributed by atoms with Crippen LogP contribution < -0.4 is 5.73 Å². The summed E-state index contributed by atoms with van der Waals surface area (Å²) in [5, 5.41) is 0.0843. The van der Waals surface area contributed by atoms with Gasteiger partial charge in [0.05, 0.1) is 12.1 Å². The highest BCUT2D eigenvalue weighted by atomic mass is 28.4. The van der Waals surface area contributed by atoms with Gasteiger partial charge in [-0.25, -0.2) is 0 Å². The number of ether oxygens (including phenoxy) is 1. The molecule has 1 fully saturated rings. The maximum absolute atomic E-state index is 12.5. The van der Waals surface area contributed by atoms with Gasteiger partial charge in [0.15, 0.2) is 14.4 Å². The molecule has 140 valence electrons. The van der Waals surface area contributed by atoms with Gasteiger partial charge in [-0.3, -0.25) is 4.79 Å². The Balaban J connectivity index is 2.20. The van der Waals surface area contributed by atoms with Gasteiger partial charge in [-0.2, -0.15) is 0 Å². The fourth-order valence-electron chi connectivity index (χ4n) is 2.95. The molecule has 1 saturated heterocycles. The third-order valence-corrected chi connectivity index (χ3v) is 10.0. The van der Waals surface area contributed by atoms with Gasteiger partial charge < -0.3 is 19.8 Å². The van der Waals surface area contributed by atoms with E-state index in [1.807, 2.05) is 35.2 Å². The molecule has 0 saturated carbocycles. The second-order valence-corrected chi connectivity index (χ2v) is 13.0. The lowest BCUT2D eigenvalue weighted by atomic mass is 9.91. The highest BCUT2D eigenvalue weighted by Crippen LogP contribution is 2.39. The lowest BCUT2D eigenvalue weighted by Gasteiger charge is -2.51. The predicted molar refractivity (Wildman–Crippen MR) is 103 cm³/mol. The van der Waals surface area contributed by atoms with Crippen molar-refractivity contribution in [3.63, 3.8) is 0 Å². The Bertz CT molecular complexity index is 586. The highest BCUT2D eigenvalue weighted by molar-refractivity contribution is 6.74. The Hall–Kier alpha value is -1.21. The van der Waals surface area contributed by atoms with Crippen LogP contribution in [0.1, 0.15) is 26.3 Å². The number of amides is 1. The summed E-state index contributed by atoms with van der Waals surface area (Å²) < 4.78 is 12.0. The van der Waals surface area contributed by atoms with E-state index in [1.54, 1.807) is 7.11 Å². The van der Waals surface area contributed by atoms with Gasteiger partial charge >= 0.3 is 0 Å². The van der Waals surface area contributed by atoms with Crippen molar-refractivity contribution < 1.29 is 14.0 Å². The van der Waals surface area contributed by atoms with E-state index in [-0.39, 0.29) is 23.1 Å². The second kappa shape index (κ2) is 7.58. The summed E-state index contributed by atoms with van der Waals surface area (Å²) in [5.41, 5.74) is 7.15. The molecule has 0 aliphatic carbocycles. The largest absolute Gasteiger partial charge is 0.410 e. The molecule has 0 bridgehead atoms. The fourth-order valence-corrected chi connectivity index (χ4v) is 4.30. The third-order valence-electron chi connectivity index (χ3n) is 5.51. The van der Waals surface area contributed by atoms with Crippen LogP contribution in [0.15, 0.2) is 30.3 Å². The smallest absolute Gasteiger partial charge is 0.254 e. The molecule has 6 heteroatoms. The van der Waals surface area contributed by atoms with Crippen molar-refractivity contribution in [1.82, 2.24) is 4.90 Å². The molecule has 2 N–H and O–H groups in total. The molecule has 0 radical (unpaired) electrons. The minimum atomic E-state index is -1.99. The minimum Gasteiger partial charge on any atom is -0.410 e. The number of carbonyl (C=O) groups is 1. The van der Waals surface area contributed by atoms with Crippen LogP contribution in [0.5, 0.6) is 0 Å². The summed E-state index contributed by atoms with van der Waals surface area (Å²) in [6.07, 6.45) is -0.686. The van der Waals surface area contributed by atoms with E-state index in [1.165, 1.54) is 0 Å². The van der Waals surface area contributed by atoms with Crippen LogP contribution in [-0.4, -0.2) is 51.0 Å². The molecule has 1 amide bonds. The van der Waals surface area contributed by atoms with Crippen LogP contribution in [-0.2, 0) is 20.5 Å². The van der Waals surface area contributed by atoms with Gasteiger partial charge in [0, 0.05) is 20.2 Å². The summed E-state index contributed by atoms with van der Waals surface area (Å²) in [6, 6.07) is 9.84. The number of likely N-dealkylation sites (tertiary alicyclic amines) is 1. The topological polar surface area (TPSA) is 64.8 Å². The lowest BCUT2D eigenvalue weighted by molar-refractivity contribution is -0.180. The maximum Gasteiger partial charge on any atom is 0.254 e. The van der Waals surface area contributed by atoms with Gasteiger partial charge in [-0.15, -0.1) is 0 Å².